The molecule has 2 aromatic rings. The van der Waals surface area contributed by atoms with E-state index in [-0.39, 0.29) is 19.0 Å². The van der Waals surface area contributed by atoms with E-state index >= 15 is 0 Å². The Morgan fingerprint density at radius 1 is 1.32 bits per heavy atom. The molecule has 0 radical (unpaired) electrons. The molecule has 1 fully saturated rings. The van der Waals surface area contributed by atoms with E-state index in [2.05, 4.69) is 15.8 Å². The molecule has 4 N–H and O–H groups in total. The van der Waals surface area contributed by atoms with E-state index in [1.54, 1.807) is 30.3 Å². The number of nitrogens with one attached hydrogen (secondary N) is 2. The van der Waals surface area contributed by atoms with Gasteiger partial charge in [0.2, 0.25) is 5.91 Å². The molecule has 0 aromatic heterocycles. The summed E-state index contributed by atoms with van der Waals surface area (Å²) in [5.41, 5.74) is 10.0. The van der Waals surface area contributed by atoms with E-state index in [0.717, 1.165) is 11.1 Å². The Labute approximate surface area is 178 Å². The van der Waals surface area contributed by atoms with Crippen LogP contribution < -0.4 is 21.4 Å². The summed E-state index contributed by atoms with van der Waals surface area (Å²) in [6.07, 6.45) is 0.353. The summed E-state index contributed by atoms with van der Waals surface area (Å²) >= 11 is 0. The number of primary amides is 1. The molecule has 10 heteroatoms. The van der Waals surface area contributed by atoms with E-state index in [9.17, 15) is 18.8 Å². The maximum atomic E-state index is 14.9. The average Bonchev–Trinajstić information content (AvgIpc) is 3.08. The van der Waals surface area contributed by atoms with Gasteiger partial charge in [-0.15, -0.1) is 0 Å². The highest BCUT2D eigenvalue weighted by Crippen LogP contribution is 2.30. The number of rotatable bonds is 6. The zero-order valence-corrected chi connectivity index (χ0v) is 17.0. The molecule has 0 saturated carbocycles. The maximum Gasteiger partial charge on any atom is 0.414 e. The Morgan fingerprint density at radius 2 is 2.10 bits per heavy atom. The molecule has 31 heavy (non-hydrogen) atoms. The number of carbonyl (C=O) groups excluding carboxylic acids is 3. The molecular formula is C21H22FN5O4. The Balaban J connectivity index is 1.76. The van der Waals surface area contributed by atoms with Gasteiger partial charge >= 0.3 is 12.1 Å². The SMILES string of the molecule is CC(=O)NCC1CN(c2ccc(-c3ccc(C=NNC(N)=O)c(C)c3)c(F)c2)C(=O)O1. The first-order valence-corrected chi connectivity index (χ1v) is 9.46. The number of carbonyl (C=O) groups is 3. The van der Waals surface area contributed by atoms with Gasteiger partial charge in [0.15, 0.2) is 0 Å². The topological polar surface area (TPSA) is 126 Å². The van der Waals surface area contributed by atoms with Crippen molar-refractivity contribution in [3.05, 3.63) is 53.3 Å². The normalized spacial score (nSPS) is 15.8. The van der Waals surface area contributed by atoms with Gasteiger partial charge in [0, 0.05) is 12.5 Å². The molecule has 0 spiro atoms. The highest BCUT2D eigenvalue weighted by molar-refractivity contribution is 5.90. The molecule has 1 aliphatic rings. The molecule has 3 rings (SSSR count). The number of hydrazone groups is 1. The quantitative estimate of drug-likeness (QED) is 0.483. The van der Waals surface area contributed by atoms with E-state index < -0.39 is 24.0 Å². The third-order valence-electron chi connectivity index (χ3n) is 4.68. The fourth-order valence-electron chi connectivity index (χ4n) is 3.16. The summed E-state index contributed by atoms with van der Waals surface area (Å²) < 4.78 is 20.1. The number of benzene rings is 2. The van der Waals surface area contributed by atoms with Gasteiger partial charge in [-0.3, -0.25) is 9.69 Å². The minimum atomic E-state index is -0.768. The van der Waals surface area contributed by atoms with Gasteiger partial charge in [0.1, 0.15) is 11.9 Å². The van der Waals surface area contributed by atoms with Crippen LogP contribution in [-0.4, -0.2) is 43.4 Å². The van der Waals surface area contributed by atoms with Crippen LogP contribution in [-0.2, 0) is 9.53 Å². The standard InChI is InChI=1S/C21H22FN5O4/c1-12-7-14(3-4-15(12)9-25-26-20(23)29)18-6-5-16(8-19(18)22)27-11-17(31-21(27)30)10-24-13(2)28/h3-9,17H,10-11H2,1-2H3,(H,24,28)(H3,23,26,29). The lowest BCUT2D eigenvalue weighted by Gasteiger charge is -2.15. The fraction of sp³-hybridized carbons (Fsp3) is 0.238. The third kappa shape index (κ3) is 5.35. The molecule has 1 atom stereocenters. The number of nitrogens with two attached hydrogens (primary N) is 1. The molecule has 0 bridgehead atoms. The van der Waals surface area contributed by atoms with Gasteiger partial charge in [0.25, 0.3) is 0 Å². The molecule has 162 valence electrons. The number of amides is 4. The lowest BCUT2D eigenvalue weighted by Crippen LogP contribution is -2.33. The first-order chi connectivity index (χ1) is 14.7. The molecule has 9 nitrogen and oxygen atoms in total. The van der Waals surface area contributed by atoms with Crippen molar-refractivity contribution in [1.82, 2.24) is 10.7 Å². The highest BCUT2D eigenvalue weighted by Gasteiger charge is 2.32. The van der Waals surface area contributed by atoms with Crippen molar-refractivity contribution in [2.45, 2.75) is 20.0 Å². The summed E-state index contributed by atoms with van der Waals surface area (Å²) in [5, 5.41) is 6.31. The second kappa shape index (κ2) is 9.24. The Kier molecular flexibility index (Phi) is 6.49. The zero-order chi connectivity index (χ0) is 22.5. The van der Waals surface area contributed by atoms with Gasteiger partial charge in [-0.05, 0) is 41.8 Å². The largest absolute Gasteiger partial charge is 0.442 e. The second-order valence-electron chi connectivity index (χ2n) is 7.02. The Morgan fingerprint density at radius 3 is 2.74 bits per heavy atom. The predicted molar refractivity (Wildman–Crippen MR) is 113 cm³/mol. The van der Waals surface area contributed by atoms with Crippen molar-refractivity contribution in [3.8, 4) is 11.1 Å². The number of hydrogen-bond acceptors (Lipinski definition) is 5. The minimum Gasteiger partial charge on any atom is -0.442 e. The molecular weight excluding hydrogens is 405 g/mol. The van der Waals surface area contributed by atoms with Crippen LogP contribution in [0.5, 0.6) is 0 Å². The van der Waals surface area contributed by atoms with Crippen LogP contribution in [0, 0.1) is 12.7 Å². The summed E-state index contributed by atoms with van der Waals surface area (Å²) in [6.45, 7) is 3.62. The monoisotopic (exact) mass is 427 g/mol. The van der Waals surface area contributed by atoms with Crippen molar-refractivity contribution < 1.29 is 23.5 Å². The first kappa shape index (κ1) is 21.8. The lowest BCUT2D eigenvalue weighted by molar-refractivity contribution is -0.119. The highest BCUT2D eigenvalue weighted by atomic mass is 19.1. The first-order valence-electron chi connectivity index (χ1n) is 9.46. The van der Waals surface area contributed by atoms with Crippen molar-refractivity contribution >= 4 is 29.9 Å². The second-order valence-corrected chi connectivity index (χ2v) is 7.02. The van der Waals surface area contributed by atoms with Crippen molar-refractivity contribution in [1.29, 1.82) is 0 Å². The van der Waals surface area contributed by atoms with Crippen LogP contribution in [0.4, 0.5) is 19.7 Å². The molecule has 2 aromatic carbocycles. The van der Waals surface area contributed by atoms with Crippen LogP contribution in [0.3, 0.4) is 0 Å². The number of ether oxygens (including phenoxy) is 1. The van der Waals surface area contributed by atoms with Gasteiger partial charge < -0.3 is 15.8 Å². The van der Waals surface area contributed by atoms with Gasteiger partial charge in [-0.2, -0.15) is 5.10 Å². The molecule has 1 aliphatic heterocycles. The Hall–Kier alpha value is -3.95. The van der Waals surface area contributed by atoms with Crippen LogP contribution in [0.25, 0.3) is 11.1 Å². The molecule has 0 aliphatic carbocycles. The number of nitrogens with zero attached hydrogens (tertiary/aromatic N) is 2. The summed E-state index contributed by atoms with van der Waals surface area (Å²) in [6, 6.07) is 9.00. The number of aryl methyl sites for hydroxylation is 1. The molecule has 1 saturated heterocycles. The van der Waals surface area contributed by atoms with Gasteiger partial charge in [-0.1, -0.05) is 18.2 Å². The summed E-state index contributed by atoms with van der Waals surface area (Å²) in [4.78, 5) is 35.2. The smallest absolute Gasteiger partial charge is 0.414 e. The Bertz CT molecular complexity index is 1060. The number of urea groups is 1. The van der Waals surface area contributed by atoms with Crippen molar-refractivity contribution in [2.75, 3.05) is 18.0 Å². The van der Waals surface area contributed by atoms with E-state index in [1.807, 2.05) is 6.92 Å². The summed E-state index contributed by atoms with van der Waals surface area (Å²) in [5.74, 6) is -0.714. The zero-order valence-electron chi connectivity index (χ0n) is 17.0. The van der Waals surface area contributed by atoms with Crippen LogP contribution in [0.1, 0.15) is 18.1 Å². The van der Waals surface area contributed by atoms with Crippen LogP contribution >= 0.6 is 0 Å². The van der Waals surface area contributed by atoms with Crippen LogP contribution in [0.2, 0.25) is 0 Å². The predicted octanol–water partition coefficient (Wildman–Crippen LogP) is 2.26. The van der Waals surface area contributed by atoms with Crippen LogP contribution in [0.15, 0.2) is 41.5 Å². The molecule has 4 amide bonds. The maximum absolute atomic E-state index is 14.9. The number of anilines is 1. The number of halogens is 1. The number of cyclic esters (lactones) is 1. The number of hydrogen-bond donors (Lipinski definition) is 3. The van der Waals surface area contributed by atoms with Gasteiger partial charge in [-0.25, -0.2) is 19.4 Å². The molecule has 1 heterocycles. The molecule has 1 unspecified atom stereocenters. The van der Waals surface area contributed by atoms with E-state index in [1.165, 1.54) is 24.1 Å². The lowest BCUT2D eigenvalue weighted by atomic mass is 9.99. The van der Waals surface area contributed by atoms with Crippen molar-refractivity contribution in [2.24, 2.45) is 10.8 Å². The van der Waals surface area contributed by atoms with E-state index in [0.29, 0.717) is 16.8 Å². The van der Waals surface area contributed by atoms with E-state index in [4.69, 9.17) is 10.5 Å². The third-order valence-corrected chi connectivity index (χ3v) is 4.68. The summed E-state index contributed by atoms with van der Waals surface area (Å²) in [7, 11) is 0. The minimum absolute atomic E-state index is 0.196. The van der Waals surface area contributed by atoms with Crippen molar-refractivity contribution in [3.63, 3.8) is 0 Å². The average molecular weight is 427 g/mol. The van der Waals surface area contributed by atoms with Gasteiger partial charge in [0.05, 0.1) is 25.0 Å². The fourth-order valence-corrected chi connectivity index (χ4v) is 3.16.